The highest BCUT2D eigenvalue weighted by atomic mass is 16.1. The molecule has 2 heterocycles. The van der Waals surface area contributed by atoms with E-state index in [1.54, 1.807) is 0 Å². The Morgan fingerprint density at radius 2 is 2.00 bits per heavy atom. The summed E-state index contributed by atoms with van der Waals surface area (Å²) < 4.78 is 2.29. The van der Waals surface area contributed by atoms with Gasteiger partial charge in [-0.1, -0.05) is 30.3 Å². The molecule has 0 spiro atoms. The lowest BCUT2D eigenvalue weighted by molar-refractivity contribution is -0.114. The van der Waals surface area contributed by atoms with E-state index in [-0.39, 0.29) is 5.91 Å². The van der Waals surface area contributed by atoms with Crippen LogP contribution >= 0.6 is 0 Å². The summed E-state index contributed by atoms with van der Waals surface area (Å²) in [6.07, 6.45) is 0. The molecule has 1 aliphatic rings. The highest BCUT2D eigenvalue weighted by molar-refractivity contribution is 5.91. The Hall–Kier alpha value is -2.66. The van der Waals surface area contributed by atoms with Gasteiger partial charge in [-0.15, -0.1) is 0 Å². The van der Waals surface area contributed by atoms with Gasteiger partial charge in [-0.3, -0.25) is 9.69 Å². The first-order valence-electron chi connectivity index (χ1n) is 8.22. The number of anilines is 1. The van der Waals surface area contributed by atoms with Gasteiger partial charge in [-0.2, -0.15) is 0 Å². The summed E-state index contributed by atoms with van der Waals surface area (Å²) in [6, 6.07) is 16.5. The summed E-state index contributed by atoms with van der Waals surface area (Å²) in [5, 5.41) is 2.82. The van der Waals surface area contributed by atoms with E-state index in [2.05, 4.69) is 39.0 Å². The van der Waals surface area contributed by atoms with Crippen molar-refractivity contribution in [3.8, 4) is 0 Å². The summed E-state index contributed by atoms with van der Waals surface area (Å²) in [7, 11) is 0. The van der Waals surface area contributed by atoms with Gasteiger partial charge in [-0.25, -0.2) is 4.98 Å². The normalized spacial score (nSPS) is 14.5. The van der Waals surface area contributed by atoms with Gasteiger partial charge in [0.05, 0.1) is 17.6 Å². The summed E-state index contributed by atoms with van der Waals surface area (Å²) in [4.78, 5) is 18.4. The van der Waals surface area contributed by atoms with Gasteiger partial charge < -0.3 is 9.88 Å². The molecule has 0 fully saturated rings. The second-order valence-corrected chi connectivity index (χ2v) is 6.26. The molecule has 1 aliphatic heterocycles. The van der Waals surface area contributed by atoms with E-state index in [9.17, 15) is 4.79 Å². The van der Waals surface area contributed by atoms with Crippen LogP contribution in [0.15, 0.2) is 48.5 Å². The zero-order valence-electron chi connectivity index (χ0n) is 13.7. The molecule has 0 unspecified atom stereocenters. The summed E-state index contributed by atoms with van der Waals surface area (Å²) >= 11 is 0. The van der Waals surface area contributed by atoms with Crippen molar-refractivity contribution >= 4 is 22.6 Å². The molecule has 4 rings (SSSR count). The predicted molar refractivity (Wildman–Crippen MR) is 94.6 cm³/mol. The number of carbonyl (C=O) groups excluding carboxylic acids is 1. The highest BCUT2D eigenvalue weighted by Gasteiger charge is 2.20. The lowest BCUT2D eigenvalue weighted by atomic mass is 10.2. The number of nitrogens with one attached hydrogen (secondary N) is 1. The van der Waals surface area contributed by atoms with Crippen molar-refractivity contribution in [1.82, 2.24) is 14.5 Å². The van der Waals surface area contributed by atoms with Crippen molar-refractivity contribution in [3.05, 3.63) is 59.9 Å². The molecular formula is C19H20N4O. The topological polar surface area (TPSA) is 50.2 Å². The fourth-order valence-electron chi connectivity index (χ4n) is 3.33. The molecule has 0 aliphatic carbocycles. The van der Waals surface area contributed by atoms with Crippen LogP contribution in [-0.4, -0.2) is 26.9 Å². The number of nitrogens with zero attached hydrogens (tertiary/aromatic N) is 3. The smallest absolute Gasteiger partial charge is 0.221 e. The lowest BCUT2D eigenvalue weighted by Crippen LogP contribution is -2.33. The number of aromatic nitrogens is 2. The van der Waals surface area contributed by atoms with Crippen molar-refractivity contribution in [2.24, 2.45) is 0 Å². The van der Waals surface area contributed by atoms with Crippen LogP contribution in [0.2, 0.25) is 0 Å². The number of benzene rings is 2. The summed E-state index contributed by atoms with van der Waals surface area (Å²) in [5.41, 5.74) is 4.21. The van der Waals surface area contributed by atoms with Gasteiger partial charge in [0, 0.05) is 32.2 Å². The number of hydrogen-bond acceptors (Lipinski definition) is 3. The van der Waals surface area contributed by atoms with E-state index in [0.29, 0.717) is 0 Å². The molecule has 0 saturated carbocycles. The van der Waals surface area contributed by atoms with E-state index in [1.165, 1.54) is 12.5 Å². The summed E-state index contributed by atoms with van der Waals surface area (Å²) in [5.74, 6) is 1.03. The van der Waals surface area contributed by atoms with E-state index >= 15 is 0 Å². The molecule has 0 saturated heterocycles. The Labute approximate surface area is 140 Å². The summed E-state index contributed by atoms with van der Waals surface area (Å²) in [6.45, 7) is 5.27. The van der Waals surface area contributed by atoms with Crippen LogP contribution in [0.5, 0.6) is 0 Å². The van der Waals surface area contributed by atoms with Crippen molar-refractivity contribution in [2.45, 2.75) is 26.6 Å². The molecule has 24 heavy (non-hydrogen) atoms. The third-order valence-electron chi connectivity index (χ3n) is 4.40. The average Bonchev–Trinajstić information content (AvgIpc) is 2.92. The molecular weight excluding hydrogens is 300 g/mol. The third kappa shape index (κ3) is 2.90. The maximum Gasteiger partial charge on any atom is 0.221 e. The van der Waals surface area contributed by atoms with Crippen LogP contribution in [0.3, 0.4) is 0 Å². The highest BCUT2D eigenvalue weighted by Crippen LogP contribution is 2.24. The SMILES string of the molecule is CC(=O)Nc1ccc2c(c1)nc1n2CCN(Cc2ccccc2)C1. The second-order valence-electron chi connectivity index (χ2n) is 6.26. The maximum absolute atomic E-state index is 11.2. The molecule has 0 atom stereocenters. The van der Waals surface area contributed by atoms with Crippen LogP contribution in [0.25, 0.3) is 11.0 Å². The van der Waals surface area contributed by atoms with E-state index in [0.717, 1.165) is 48.7 Å². The lowest BCUT2D eigenvalue weighted by Gasteiger charge is -2.27. The largest absolute Gasteiger partial charge is 0.326 e. The van der Waals surface area contributed by atoms with Crippen molar-refractivity contribution in [2.75, 3.05) is 11.9 Å². The molecule has 5 nitrogen and oxygen atoms in total. The first kappa shape index (κ1) is 14.9. The molecule has 1 N–H and O–H groups in total. The molecule has 1 aromatic heterocycles. The Kier molecular flexibility index (Phi) is 3.78. The Morgan fingerprint density at radius 3 is 2.79 bits per heavy atom. The first-order chi connectivity index (χ1) is 11.7. The van der Waals surface area contributed by atoms with Crippen LogP contribution in [0, 0.1) is 0 Å². The number of rotatable bonds is 3. The van der Waals surface area contributed by atoms with Gasteiger partial charge >= 0.3 is 0 Å². The number of hydrogen-bond donors (Lipinski definition) is 1. The minimum absolute atomic E-state index is 0.0626. The molecule has 0 bridgehead atoms. The quantitative estimate of drug-likeness (QED) is 0.807. The van der Waals surface area contributed by atoms with E-state index in [1.807, 2.05) is 24.3 Å². The standard InChI is InChI=1S/C19H20N4O/c1-14(24)20-16-7-8-18-17(11-16)21-19-13-22(9-10-23(18)19)12-15-5-3-2-4-6-15/h2-8,11H,9-10,12-13H2,1H3,(H,20,24). The Bertz CT molecular complexity index is 885. The van der Waals surface area contributed by atoms with Crippen molar-refractivity contribution in [1.29, 1.82) is 0 Å². The molecule has 2 aromatic carbocycles. The minimum atomic E-state index is -0.0626. The molecule has 5 heteroatoms. The zero-order chi connectivity index (χ0) is 16.5. The van der Waals surface area contributed by atoms with Gasteiger partial charge in [-0.05, 0) is 23.8 Å². The number of carbonyl (C=O) groups is 1. The van der Waals surface area contributed by atoms with Crippen LogP contribution in [-0.2, 0) is 24.4 Å². The van der Waals surface area contributed by atoms with Crippen molar-refractivity contribution < 1.29 is 4.79 Å². The minimum Gasteiger partial charge on any atom is -0.326 e. The van der Waals surface area contributed by atoms with Gasteiger partial charge in [0.15, 0.2) is 0 Å². The van der Waals surface area contributed by atoms with Crippen LogP contribution in [0.4, 0.5) is 5.69 Å². The second kappa shape index (κ2) is 6.09. The van der Waals surface area contributed by atoms with Gasteiger partial charge in [0.2, 0.25) is 5.91 Å². The Morgan fingerprint density at radius 1 is 1.17 bits per heavy atom. The van der Waals surface area contributed by atoms with Crippen molar-refractivity contribution in [3.63, 3.8) is 0 Å². The first-order valence-corrected chi connectivity index (χ1v) is 8.22. The number of fused-ring (bicyclic) bond motifs is 3. The predicted octanol–water partition coefficient (Wildman–Crippen LogP) is 3.01. The third-order valence-corrected chi connectivity index (χ3v) is 4.40. The maximum atomic E-state index is 11.2. The zero-order valence-corrected chi connectivity index (χ0v) is 13.7. The average molecular weight is 320 g/mol. The molecule has 122 valence electrons. The number of imidazole rings is 1. The van der Waals surface area contributed by atoms with Gasteiger partial charge in [0.25, 0.3) is 0 Å². The molecule has 0 radical (unpaired) electrons. The molecule has 1 amide bonds. The van der Waals surface area contributed by atoms with Gasteiger partial charge in [0.1, 0.15) is 5.82 Å². The molecule has 3 aromatic rings. The van der Waals surface area contributed by atoms with E-state index in [4.69, 9.17) is 4.98 Å². The fourth-order valence-corrected chi connectivity index (χ4v) is 3.33. The monoisotopic (exact) mass is 320 g/mol. The van der Waals surface area contributed by atoms with Crippen LogP contribution < -0.4 is 5.32 Å². The van der Waals surface area contributed by atoms with Crippen LogP contribution in [0.1, 0.15) is 18.3 Å². The Balaban J connectivity index is 1.58. The van der Waals surface area contributed by atoms with E-state index < -0.39 is 0 Å². The number of amides is 1. The fraction of sp³-hybridized carbons (Fsp3) is 0.263.